The maximum atomic E-state index is 13.4. The van der Waals surface area contributed by atoms with Gasteiger partial charge in [-0.15, -0.1) is 0 Å². The molecule has 0 bridgehead atoms. The molecule has 2 aromatic rings. The highest BCUT2D eigenvalue weighted by Crippen LogP contribution is 2.39. The van der Waals surface area contributed by atoms with Gasteiger partial charge < -0.3 is 15.0 Å². The molecule has 10 heteroatoms. The molecule has 1 N–H and O–H groups in total. The Hall–Kier alpha value is -2.04. The van der Waals surface area contributed by atoms with E-state index in [0.717, 1.165) is 31.2 Å². The lowest BCUT2D eigenvalue weighted by Crippen LogP contribution is -2.36. The molecule has 0 heterocycles. The predicted molar refractivity (Wildman–Crippen MR) is 143 cm³/mol. The van der Waals surface area contributed by atoms with E-state index < -0.39 is 10.0 Å². The Labute approximate surface area is 225 Å². The molecule has 1 saturated carbocycles. The van der Waals surface area contributed by atoms with Crippen LogP contribution in [0.3, 0.4) is 0 Å². The topological polar surface area (TPSA) is 79.0 Å². The summed E-state index contributed by atoms with van der Waals surface area (Å²) in [5, 5.41) is 3.41. The first-order chi connectivity index (χ1) is 17.6. The van der Waals surface area contributed by atoms with Crippen LogP contribution < -0.4 is 5.32 Å². The maximum Gasteiger partial charge on any atom is 0.246 e. The van der Waals surface area contributed by atoms with Gasteiger partial charge in [0.1, 0.15) is 12.4 Å². The Kier molecular flexibility index (Phi) is 10.9. The minimum absolute atomic E-state index is 0.108. The quantitative estimate of drug-likeness (QED) is 0.396. The summed E-state index contributed by atoms with van der Waals surface area (Å²) in [7, 11) is 1.95. The summed E-state index contributed by atoms with van der Waals surface area (Å²) >= 11 is 5.83. The fourth-order valence-electron chi connectivity index (χ4n) is 4.93. The number of carbonyl (C=O) groups is 1. The molecule has 1 unspecified atom stereocenters. The molecule has 2 aromatic carbocycles. The molecule has 204 valence electrons. The highest BCUT2D eigenvalue weighted by atomic mass is 35.5. The molecule has 0 spiro atoms. The van der Waals surface area contributed by atoms with Crippen LogP contribution in [-0.4, -0.2) is 71.0 Å². The van der Waals surface area contributed by atoms with Crippen molar-refractivity contribution in [3.8, 4) is 0 Å². The molecule has 1 fully saturated rings. The van der Waals surface area contributed by atoms with Crippen molar-refractivity contribution in [2.75, 3.05) is 47.4 Å². The SMILES string of the molecule is CN(C)C(c1ccc(F)cc1)C1CCC(CNC(=O)COCCN(C)S(=O)(=O)c2ccc(Cl)cc2)CC1. The Morgan fingerprint density at radius 3 is 2.27 bits per heavy atom. The summed E-state index contributed by atoms with van der Waals surface area (Å²) in [6, 6.07) is 13.0. The smallest absolute Gasteiger partial charge is 0.246 e. The molecule has 37 heavy (non-hydrogen) atoms. The summed E-state index contributed by atoms with van der Waals surface area (Å²) in [4.78, 5) is 14.6. The minimum atomic E-state index is -3.64. The van der Waals surface area contributed by atoms with Crippen molar-refractivity contribution in [2.24, 2.45) is 11.8 Å². The first-order valence-corrected chi connectivity index (χ1v) is 14.4. The van der Waals surface area contributed by atoms with Crippen LogP contribution >= 0.6 is 11.6 Å². The molecule has 1 aliphatic carbocycles. The van der Waals surface area contributed by atoms with Gasteiger partial charge in [0, 0.05) is 31.2 Å². The Balaban J connectivity index is 1.35. The maximum absolute atomic E-state index is 13.4. The first kappa shape index (κ1) is 29.5. The first-order valence-electron chi connectivity index (χ1n) is 12.6. The van der Waals surface area contributed by atoms with Gasteiger partial charge >= 0.3 is 0 Å². The number of likely N-dealkylation sites (N-methyl/N-ethyl adjacent to an activating group) is 1. The zero-order valence-corrected chi connectivity index (χ0v) is 23.3. The van der Waals surface area contributed by atoms with E-state index in [2.05, 4.69) is 24.3 Å². The number of sulfonamides is 1. The van der Waals surface area contributed by atoms with Gasteiger partial charge in [-0.1, -0.05) is 23.7 Å². The number of halogens is 2. The van der Waals surface area contributed by atoms with Gasteiger partial charge in [-0.05, 0) is 93.6 Å². The number of nitrogens with zero attached hydrogens (tertiary/aromatic N) is 2. The van der Waals surface area contributed by atoms with Crippen molar-refractivity contribution in [1.29, 1.82) is 0 Å². The second-order valence-electron chi connectivity index (χ2n) is 9.88. The normalized spacial score (nSPS) is 19.2. The highest BCUT2D eigenvalue weighted by Gasteiger charge is 2.30. The fraction of sp³-hybridized carbons (Fsp3) is 0.519. The van der Waals surface area contributed by atoms with Crippen LogP contribution in [0.5, 0.6) is 0 Å². The Morgan fingerprint density at radius 2 is 1.68 bits per heavy atom. The van der Waals surface area contributed by atoms with Crippen LogP contribution in [0.25, 0.3) is 0 Å². The summed E-state index contributed by atoms with van der Waals surface area (Å²) in [6.07, 6.45) is 4.13. The third-order valence-electron chi connectivity index (χ3n) is 7.00. The fourth-order valence-corrected chi connectivity index (χ4v) is 6.21. The van der Waals surface area contributed by atoms with Gasteiger partial charge in [0.15, 0.2) is 0 Å². The van der Waals surface area contributed by atoms with Crippen molar-refractivity contribution in [2.45, 2.75) is 36.6 Å². The number of nitrogens with one attached hydrogen (secondary N) is 1. The van der Waals surface area contributed by atoms with Crippen LogP contribution in [0.2, 0.25) is 5.02 Å². The number of ether oxygens (including phenoxy) is 1. The van der Waals surface area contributed by atoms with Crippen molar-refractivity contribution in [3.05, 3.63) is 64.9 Å². The van der Waals surface area contributed by atoms with E-state index in [-0.39, 0.29) is 42.4 Å². The second-order valence-corrected chi connectivity index (χ2v) is 12.4. The van der Waals surface area contributed by atoms with Crippen molar-refractivity contribution in [3.63, 3.8) is 0 Å². The van der Waals surface area contributed by atoms with Crippen LogP contribution in [-0.2, 0) is 19.6 Å². The molecule has 0 saturated heterocycles. The predicted octanol–water partition coefficient (Wildman–Crippen LogP) is 4.34. The third kappa shape index (κ3) is 8.48. The number of amides is 1. The van der Waals surface area contributed by atoms with Gasteiger partial charge in [-0.2, -0.15) is 4.31 Å². The molecule has 3 rings (SSSR count). The van der Waals surface area contributed by atoms with Crippen molar-refractivity contribution in [1.82, 2.24) is 14.5 Å². The number of carbonyl (C=O) groups excluding carboxylic acids is 1. The van der Waals surface area contributed by atoms with E-state index in [9.17, 15) is 17.6 Å². The number of hydrogen-bond donors (Lipinski definition) is 1. The average Bonchev–Trinajstić information content (AvgIpc) is 2.87. The zero-order valence-electron chi connectivity index (χ0n) is 21.7. The summed E-state index contributed by atoms with van der Waals surface area (Å²) in [5.41, 5.74) is 1.13. The summed E-state index contributed by atoms with van der Waals surface area (Å²) in [6.45, 7) is 0.723. The largest absolute Gasteiger partial charge is 0.370 e. The van der Waals surface area contributed by atoms with Gasteiger partial charge in [0.25, 0.3) is 0 Å². The Bertz CT molecular complexity index is 1110. The van der Waals surface area contributed by atoms with E-state index in [4.69, 9.17) is 16.3 Å². The average molecular weight is 554 g/mol. The summed E-state index contributed by atoms with van der Waals surface area (Å²) < 4.78 is 45.1. The number of benzene rings is 2. The van der Waals surface area contributed by atoms with Gasteiger partial charge in [-0.25, -0.2) is 12.8 Å². The van der Waals surface area contributed by atoms with E-state index in [1.54, 1.807) is 0 Å². The van der Waals surface area contributed by atoms with Crippen molar-refractivity contribution < 1.29 is 22.3 Å². The number of rotatable bonds is 12. The molecule has 0 aliphatic heterocycles. The molecule has 1 atom stereocenters. The molecular formula is C27H37ClFN3O4S. The van der Waals surface area contributed by atoms with Crippen LogP contribution in [0.15, 0.2) is 53.4 Å². The molecule has 1 aliphatic rings. The zero-order chi connectivity index (χ0) is 27.0. The third-order valence-corrected chi connectivity index (χ3v) is 9.12. The molecule has 0 radical (unpaired) electrons. The number of hydrogen-bond acceptors (Lipinski definition) is 5. The van der Waals surface area contributed by atoms with Gasteiger partial charge in [0.05, 0.1) is 11.5 Å². The molecule has 0 aromatic heterocycles. The summed E-state index contributed by atoms with van der Waals surface area (Å²) in [5.74, 6) is 0.464. The van der Waals surface area contributed by atoms with Crippen LogP contribution in [0, 0.1) is 17.7 Å². The highest BCUT2D eigenvalue weighted by molar-refractivity contribution is 7.89. The Morgan fingerprint density at radius 1 is 1.05 bits per heavy atom. The van der Waals surface area contributed by atoms with Crippen molar-refractivity contribution >= 4 is 27.5 Å². The minimum Gasteiger partial charge on any atom is -0.370 e. The van der Waals surface area contributed by atoms with Gasteiger partial charge in [0.2, 0.25) is 15.9 Å². The second kappa shape index (κ2) is 13.7. The van der Waals surface area contributed by atoms with Crippen LogP contribution in [0.1, 0.15) is 37.3 Å². The van der Waals surface area contributed by atoms with E-state index >= 15 is 0 Å². The van der Waals surface area contributed by atoms with Crippen LogP contribution in [0.4, 0.5) is 4.39 Å². The van der Waals surface area contributed by atoms with E-state index in [0.29, 0.717) is 23.4 Å². The monoisotopic (exact) mass is 553 g/mol. The van der Waals surface area contributed by atoms with Gasteiger partial charge in [-0.3, -0.25) is 4.79 Å². The lowest BCUT2D eigenvalue weighted by molar-refractivity contribution is -0.126. The lowest BCUT2D eigenvalue weighted by Gasteiger charge is -2.37. The standard InChI is InChI=1S/C27H37ClFN3O4S/c1-31(2)27(22-8-12-24(29)13-9-22)21-6-4-20(5-7-21)18-30-26(33)19-36-17-16-32(3)37(34,35)25-14-10-23(28)11-15-25/h8-15,20-21,27H,4-7,16-19H2,1-3H3,(H,30,33). The lowest BCUT2D eigenvalue weighted by atomic mass is 9.76. The molecule has 7 nitrogen and oxygen atoms in total. The molecular weight excluding hydrogens is 517 g/mol. The van der Waals surface area contributed by atoms with E-state index in [1.165, 1.54) is 47.8 Å². The molecule has 1 amide bonds. The van der Waals surface area contributed by atoms with E-state index in [1.807, 2.05) is 12.1 Å².